The first kappa shape index (κ1) is 14.9. The first-order valence-electron chi connectivity index (χ1n) is 6.71. The van der Waals surface area contributed by atoms with Crippen molar-refractivity contribution < 1.29 is 0 Å². The molecule has 2 rings (SSSR count). The molecule has 0 radical (unpaired) electrons. The molecule has 0 N–H and O–H groups in total. The standard InChI is InChI=1S/2C8H12Si/c2*1-9(2)8-6-4-3-5-7-8/h2*3-7,9H,1-2H3. The van der Waals surface area contributed by atoms with Crippen LogP contribution in [0.2, 0.25) is 26.2 Å². The third-order valence-electron chi connectivity index (χ3n) is 2.93. The van der Waals surface area contributed by atoms with Crippen molar-refractivity contribution in [1.82, 2.24) is 0 Å². The van der Waals surface area contributed by atoms with Gasteiger partial charge in [-0.2, -0.15) is 0 Å². The van der Waals surface area contributed by atoms with Crippen molar-refractivity contribution in [2.24, 2.45) is 0 Å². The first-order valence-corrected chi connectivity index (χ1v) is 12.5. The summed E-state index contributed by atoms with van der Waals surface area (Å²) in [6, 6.07) is 21.5. The Bertz CT molecular complexity index is 378. The minimum absolute atomic E-state index is 0.529. The molecule has 96 valence electrons. The number of hydrogen-bond donors (Lipinski definition) is 0. The van der Waals surface area contributed by atoms with Crippen molar-refractivity contribution in [3.05, 3.63) is 60.7 Å². The predicted octanol–water partition coefficient (Wildman–Crippen LogP) is 2.76. The van der Waals surface area contributed by atoms with Crippen LogP contribution in [0.3, 0.4) is 0 Å². The molecule has 0 heterocycles. The highest BCUT2D eigenvalue weighted by Gasteiger charge is 1.96. The van der Waals surface area contributed by atoms with Crippen LogP contribution in [0.4, 0.5) is 0 Å². The maximum atomic E-state index is 2.34. The van der Waals surface area contributed by atoms with Crippen LogP contribution >= 0.6 is 0 Å². The fourth-order valence-electron chi connectivity index (χ4n) is 1.68. The lowest BCUT2D eigenvalue weighted by molar-refractivity contribution is 1.74. The molecule has 0 fully saturated rings. The van der Waals surface area contributed by atoms with Gasteiger partial charge >= 0.3 is 0 Å². The Kier molecular flexibility index (Phi) is 6.69. The van der Waals surface area contributed by atoms with E-state index < -0.39 is 17.6 Å². The van der Waals surface area contributed by atoms with E-state index in [9.17, 15) is 0 Å². The minimum Gasteiger partial charge on any atom is -0.0682 e. The molecule has 0 spiro atoms. The summed E-state index contributed by atoms with van der Waals surface area (Å²) in [6.45, 7) is 9.37. The van der Waals surface area contributed by atoms with Crippen LogP contribution in [-0.2, 0) is 0 Å². The molecule has 0 amide bonds. The zero-order chi connectivity index (χ0) is 13.4. The van der Waals surface area contributed by atoms with Gasteiger partial charge in [0.1, 0.15) is 0 Å². The lowest BCUT2D eigenvalue weighted by atomic mass is 10.4. The van der Waals surface area contributed by atoms with E-state index in [1.807, 2.05) is 0 Å². The molecule has 0 saturated carbocycles. The van der Waals surface area contributed by atoms with E-state index in [1.165, 1.54) is 0 Å². The van der Waals surface area contributed by atoms with Crippen molar-refractivity contribution in [2.45, 2.75) is 26.2 Å². The molecule has 0 nitrogen and oxygen atoms in total. The van der Waals surface area contributed by atoms with Crippen LogP contribution in [0.5, 0.6) is 0 Å². The summed E-state index contributed by atoms with van der Waals surface area (Å²) in [4.78, 5) is 0. The Hall–Kier alpha value is -1.13. The average molecular weight is 273 g/mol. The molecule has 0 aliphatic heterocycles. The molecule has 0 saturated heterocycles. The SMILES string of the molecule is C[SiH](C)c1ccccc1.C[SiH](C)c1ccccc1. The van der Waals surface area contributed by atoms with Gasteiger partial charge < -0.3 is 0 Å². The molecular formula is C16H24Si2. The molecule has 0 atom stereocenters. The second-order valence-corrected chi connectivity index (χ2v) is 11.1. The van der Waals surface area contributed by atoms with Crippen LogP contribution in [0.15, 0.2) is 60.7 Å². The van der Waals surface area contributed by atoms with E-state index in [0.717, 1.165) is 0 Å². The van der Waals surface area contributed by atoms with Crippen LogP contribution in [0, 0.1) is 0 Å². The number of hydrogen-bond acceptors (Lipinski definition) is 0. The fraction of sp³-hybridized carbons (Fsp3) is 0.250. The van der Waals surface area contributed by atoms with E-state index in [1.54, 1.807) is 10.4 Å². The van der Waals surface area contributed by atoms with Gasteiger partial charge in [-0.25, -0.2) is 0 Å². The third kappa shape index (κ3) is 5.47. The molecular weight excluding hydrogens is 248 g/mol. The number of rotatable bonds is 2. The van der Waals surface area contributed by atoms with Crippen molar-refractivity contribution in [2.75, 3.05) is 0 Å². The highest BCUT2D eigenvalue weighted by atomic mass is 28.3. The maximum Gasteiger partial charge on any atom is 0.0647 e. The van der Waals surface area contributed by atoms with Crippen molar-refractivity contribution in [3.8, 4) is 0 Å². The van der Waals surface area contributed by atoms with Crippen LogP contribution < -0.4 is 10.4 Å². The van der Waals surface area contributed by atoms with E-state index in [4.69, 9.17) is 0 Å². The third-order valence-corrected chi connectivity index (χ3v) is 6.37. The smallest absolute Gasteiger partial charge is 0.0647 e. The molecule has 0 bridgehead atoms. The topological polar surface area (TPSA) is 0 Å². The van der Waals surface area contributed by atoms with Crippen LogP contribution in [0.25, 0.3) is 0 Å². The van der Waals surface area contributed by atoms with Crippen LogP contribution in [0.1, 0.15) is 0 Å². The average Bonchev–Trinajstić information content (AvgIpc) is 2.41. The summed E-state index contributed by atoms with van der Waals surface area (Å²) < 4.78 is 0. The second-order valence-electron chi connectivity index (χ2n) is 5.13. The molecule has 0 unspecified atom stereocenters. The zero-order valence-electron chi connectivity index (χ0n) is 11.9. The van der Waals surface area contributed by atoms with Crippen molar-refractivity contribution >= 4 is 28.0 Å². The first-order chi connectivity index (χ1) is 8.61. The van der Waals surface area contributed by atoms with Gasteiger partial charge in [-0.1, -0.05) is 97.2 Å². The van der Waals surface area contributed by atoms with Crippen LogP contribution in [-0.4, -0.2) is 17.6 Å². The Morgan fingerprint density at radius 3 is 0.944 bits per heavy atom. The summed E-state index contributed by atoms with van der Waals surface area (Å²) in [5.74, 6) is 0. The predicted molar refractivity (Wildman–Crippen MR) is 89.9 cm³/mol. The monoisotopic (exact) mass is 272 g/mol. The molecule has 0 aliphatic rings. The van der Waals surface area contributed by atoms with E-state index in [0.29, 0.717) is 0 Å². The normalized spacial score (nSPS) is 10.1. The summed E-state index contributed by atoms with van der Waals surface area (Å²) in [5, 5.41) is 3.11. The zero-order valence-corrected chi connectivity index (χ0v) is 14.2. The Morgan fingerprint density at radius 2 is 0.778 bits per heavy atom. The van der Waals surface area contributed by atoms with E-state index in [2.05, 4.69) is 86.9 Å². The molecule has 2 aromatic rings. The molecule has 2 aromatic carbocycles. The minimum atomic E-state index is -0.529. The van der Waals surface area contributed by atoms with Crippen molar-refractivity contribution in [3.63, 3.8) is 0 Å². The van der Waals surface area contributed by atoms with Gasteiger partial charge in [0.15, 0.2) is 0 Å². The summed E-state index contributed by atoms with van der Waals surface area (Å²) in [5.41, 5.74) is 0. The van der Waals surface area contributed by atoms with Gasteiger partial charge in [-0.3, -0.25) is 0 Å². The van der Waals surface area contributed by atoms with E-state index >= 15 is 0 Å². The Morgan fingerprint density at radius 1 is 0.500 bits per heavy atom. The summed E-state index contributed by atoms with van der Waals surface area (Å²) >= 11 is 0. The Balaban J connectivity index is 0.000000180. The lowest BCUT2D eigenvalue weighted by Crippen LogP contribution is -2.21. The quantitative estimate of drug-likeness (QED) is 0.738. The van der Waals surface area contributed by atoms with E-state index in [-0.39, 0.29) is 0 Å². The second kappa shape index (κ2) is 8.06. The molecule has 2 heteroatoms. The molecule has 18 heavy (non-hydrogen) atoms. The fourth-order valence-corrected chi connectivity index (χ4v) is 3.66. The Labute approximate surface area is 115 Å². The van der Waals surface area contributed by atoms with Gasteiger partial charge in [0.05, 0.1) is 17.6 Å². The van der Waals surface area contributed by atoms with Crippen molar-refractivity contribution in [1.29, 1.82) is 0 Å². The highest BCUT2D eigenvalue weighted by Crippen LogP contribution is 1.86. The lowest BCUT2D eigenvalue weighted by Gasteiger charge is -1.99. The van der Waals surface area contributed by atoms with Gasteiger partial charge in [0.2, 0.25) is 0 Å². The van der Waals surface area contributed by atoms with Gasteiger partial charge in [-0.15, -0.1) is 0 Å². The van der Waals surface area contributed by atoms with Gasteiger partial charge in [0.25, 0.3) is 0 Å². The largest absolute Gasteiger partial charge is 0.0682 e. The maximum absolute atomic E-state index is 2.34. The van der Waals surface area contributed by atoms with Gasteiger partial charge in [0, 0.05) is 0 Å². The number of benzene rings is 2. The highest BCUT2D eigenvalue weighted by molar-refractivity contribution is 6.71. The molecule has 0 aromatic heterocycles. The molecule has 0 aliphatic carbocycles. The summed E-state index contributed by atoms with van der Waals surface area (Å²) in [6.07, 6.45) is 0. The summed E-state index contributed by atoms with van der Waals surface area (Å²) in [7, 11) is -1.06. The van der Waals surface area contributed by atoms with Gasteiger partial charge in [-0.05, 0) is 0 Å².